The number of anilines is 1. The molecular formula is C17H9ClF3NO3S. The van der Waals surface area contributed by atoms with Crippen LogP contribution in [0.5, 0.6) is 0 Å². The average molecular weight is 400 g/mol. The number of halogens is 4. The fourth-order valence-electron chi connectivity index (χ4n) is 2.15. The van der Waals surface area contributed by atoms with E-state index in [0.717, 1.165) is 22.1 Å². The monoisotopic (exact) mass is 399 g/mol. The fourth-order valence-corrected chi connectivity index (χ4v) is 3.55. The van der Waals surface area contributed by atoms with Crippen LogP contribution in [0.2, 0.25) is 5.02 Å². The summed E-state index contributed by atoms with van der Waals surface area (Å²) < 4.78 is 45.1. The molecule has 0 saturated carbocycles. The first-order chi connectivity index (χ1) is 12.4. The lowest BCUT2D eigenvalue weighted by Gasteiger charge is -2.08. The van der Waals surface area contributed by atoms with Gasteiger partial charge in [-0.05, 0) is 18.2 Å². The molecule has 3 rings (SSSR count). The van der Waals surface area contributed by atoms with Crippen LogP contribution in [0.4, 0.5) is 18.9 Å². The minimum atomic E-state index is -1.71. The van der Waals surface area contributed by atoms with Gasteiger partial charge in [0.05, 0.1) is 10.7 Å². The number of carbonyl (C=O) groups excluding carboxylic acids is 2. The molecule has 0 aliphatic rings. The first-order valence-electron chi connectivity index (χ1n) is 7.16. The molecule has 0 aliphatic heterocycles. The Morgan fingerprint density at radius 3 is 2.54 bits per heavy atom. The van der Waals surface area contributed by atoms with E-state index in [9.17, 15) is 22.8 Å². The molecule has 26 heavy (non-hydrogen) atoms. The standard InChI is InChI=1S/C17H9ClF3NO3S/c18-13-8-3-1-2-4-11(8)26-16(13)17(24)25-7-12(23)22-10-6-5-9(19)14(20)15(10)21/h1-6H,7H2,(H,22,23). The van der Waals surface area contributed by atoms with Crippen molar-refractivity contribution in [1.29, 1.82) is 0 Å². The van der Waals surface area contributed by atoms with Gasteiger partial charge in [-0.1, -0.05) is 29.8 Å². The van der Waals surface area contributed by atoms with Gasteiger partial charge >= 0.3 is 5.97 Å². The van der Waals surface area contributed by atoms with Crippen molar-refractivity contribution in [2.45, 2.75) is 0 Å². The Bertz CT molecular complexity index is 1020. The second-order valence-corrected chi connectivity index (χ2v) is 6.52. The molecule has 1 amide bonds. The zero-order chi connectivity index (χ0) is 18.8. The summed E-state index contributed by atoms with van der Waals surface area (Å²) >= 11 is 7.24. The van der Waals surface area contributed by atoms with Gasteiger partial charge in [0.1, 0.15) is 4.88 Å². The van der Waals surface area contributed by atoms with Gasteiger partial charge in [-0.3, -0.25) is 4.79 Å². The number of amides is 1. The van der Waals surface area contributed by atoms with Crippen LogP contribution in [-0.4, -0.2) is 18.5 Å². The van der Waals surface area contributed by atoms with Gasteiger partial charge in [0.2, 0.25) is 0 Å². The minimum Gasteiger partial charge on any atom is -0.451 e. The maximum atomic E-state index is 13.5. The van der Waals surface area contributed by atoms with Crippen molar-refractivity contribution in [3.05, 3.63) is 63.7 Å². The first-order valence-corrected chi connectivity index (χ1v) is 8.35. The largest absolute Gasteiger partial charge is 0.451 e. The summed E-state index contributed by atoms with van der Waals surface area (Å²) in [6.45, 7) is -0.748. The predicted octanol–water partition coefficient (Wildman–Crippen LogP) is 4.77. The van der Waals surface area contributed by atoms with Crippen molar-refractivity contribution in [2.75, 3.05) is 11.9 Å². The van der Waals surface area contributed by atoms with Gasteiger partial charge in [-0.2, -0.15) is 0 Å². The van der Waals surface area contributed by atoms with Crippen LogP contribution in [0.15, 0.2) is 36.4 Å². The highest BCUT2D eigenvalue weighted by atomic mass is 35.5. The van der Waals surface area contributed by atoms with Gasteiger partial charge < -0.3 is 10.1 Å². The van der Waals surface area contributed by atoms with Crippen LogP contribution in [0.25, 0.3) is 10.1 Å². The summed E-state index contributed by atoms with van der Waals surface area (Å²) in [5.41, 5.74) is -0.565. The van der Waals surface area contributed by atoms with E-state index in [1.165, 1.54) is 0 Å². The van der Waals surface area contributed by atoms with Gasteiger partial charge in [0, 0.05) is 10.1 Å². The second-order valence-electron chi connectivity index (χ2n) is 5.09. The number of carbonyl (C=O) groups is 2. The lowest BCUT2D eigenvalue weighted by atomic mass is 10.2. The number of ether oxygens (including phenoxy) is 1. The quantitative estimate of drug-likeness (QED) is 0.508. The Hall–Kier alpha value is -2.58. The molecule has 1 heterocycles. The van der Waals surface area contributed by atoms with E-state index in [1.54, 1.807) is 24.3 Å². The maximum Gasteiger partial charge on any atom is 0.350 e. The van der Waals surface area contributed by atoms with Crippen molar-refractivity contribution < 1.29 is 27.5 Å². The summed E-state index contributed by atoms with van der Waals surface area (Å²) in [6, 6.07) is 8.59. The van der Waals surface area contributed by atoms with Crippen LogP contribution in [0.3, 0.4) is 0 Å². The third kappa shape index (κ3) is 3.51. The molecule has 2 aromatic carbocycles. The van der Waals surface area contributed by atoms with Crippen LogP contribution in [0, 0.1) is 17.5 Å². The molecule has 0 bridgehead atoms. The molecule has 0 aliphatic carbocycles. The maximum absolute atomic E-state index is 13.5. The summed E-state index contributed by atoms with van der Waals surface area (Å²) in [5.74, 6) is -6.38. The average Bonchev–Trinajstić information content (AvgIpc) is 2.97. The highest BCUT2D eigenvalue weighted by molar-refractivity contribution is 7.21. The van der Waals surface area contributed by atoms with Gasteiger partial charge in [0.15, 0.2) is 24.1 Å². The molecule has 4 nitrogen and oxygen atoms in total. The molecule has 1 aromatic heterocycles. The third-order valence-corrected chi connectivity index (χ3v) is 5.02. The molecule has 1 N–H and O–H groups in total. The first kappa shape index (κ1) is 18.2. The number of hydrogen-bond acceptors (Lipinski definition) is 4. The molecule has 9 heteroatoms. The zero-order valence-electron chi connectivity index (χ0n) is 12.8. The summed E-state index contributed by atoms with van der Waals surface area (Å²) in [6.07, 6.45) is 0. The summed E-state index contributed by atoms with van der Waals surface area (Å²) in [7, 11) is 0. The summed E-state index contributed by atoms with van der Waals surface area (Å²) in [4.78, 5) is 24.0. The molecule has 0 radical (unpaired) electrons. The molecular weight excluding hydrogens is 391 g/mol. The lowest BCUT2D eigenvalue weighted by Crippen LogP contribution is -2.21. The Kier molecular flexibility index (Phi) is 5.15. The Morgan fingerprint density at radius 2 is 1.81 bits per heavy atom. The number of thiophene rings is 1. The second kappa shape index (κ2) is 7.35. The molecule has 0 spiro atoms. The molecule has 3 aromatic rings. The Morgan fingerprint density at radius 1 is 1.08 bits per heavy atom. The third-order valence-electron chi connectivity index (χ3n) is 3.36. The normalized spacial score (nSPS) is 10.8. The van der Waals surface area contributed by atoms with Crippen molar-refractivity contribution in [2.24, 2.45) is 0 Å². The predicted molar refractivity (Wildman–Crippen MR) is 92.1 cm³/mol. The van der Waals surface area contributed by atoms with Gasteiger partial charge in [-0.25, -0.2) is 18.0 Å². The topological polar surface area (TPSA) is 55.4 Å². The highest BCUT2D eigenvalue weighted by Gasteiger charge is 2.20. The van der Waals surface area contributed by atoms with Crippen molar-refractivity contribution in [3.63, 3.8) is 0 Å². The van der Waals surface area contributed by atoms with Crippen molar-refractivity contribution >= 4 is 50.6 Å². The smallest absolute Gasteiger partial charge is 0.350 e. The van der Waals surface area contributed by atoms with Crippen LogP contribution < -0.4 is 5.32 Å². The molecule has 134 valence electrons. The van der Waals surface area contributed by atoms with E-state index in [2.05, 4.69) is 0 Å². The van der Waals surface area contributed by atoms with E-state index in [-0.39, 0.29) is 9.90 Å². The van der Waals surface area contributed by atoms with Crippen molar-refractivity contribution in [3.8, 4) is 0 Å². The van der Waals surface area contributed by atoms with Crippen LogP contribution in [-0.2, 0) is 9.53 Å². The number of rotatable bonds is 4. The molecule has 0 fully saturated rings. The summed E-state index contributed by atoms with van der Waals surface area (Å²) in [5, 5.41) is 2.89. The minimum absolute atomic E-state index is 0.125. The van der Waals surface area contributed by atoms with Gasteiger partial charge in [-0.15, -0.1) is 11.3 Å². The molecule has 0 saturated heterocycles. The number of esters is 1. The number of hydrogen-bond donors (Lipinski definition) is 1. The van der Waals surface area contributed by atoms with E-state index < -0.39 is 41.6 Å². The highest BCUT2D eigenvalue weighted by Crippen LogP contribution is 2.35. The van der Waals surface area contributed by atoms with Crippen LogP contribution >= 0.6 is 22.9 Å². The molecule has 0 atom stereocenters. The number of nitrogens with one attached hydrogen (secondary N) is 1. The van der Waals surface area contributed by atoms with Crippen LogP contribution in [0.1, 0.15) is 9.67 Å². The van der Waals surface area contributed by atoms with E-state index >= 15 is 0 Å². The SMILES string of the molecule is O=C(COC(=O)c1sc2ccccc2c1Cl)Nc1ccc(F)c(F)c1F. The van der Waals surface area contributed by atoms with E-state index in [0.29, 0.717) is 11.5 Å². The zero-order valence-corrected chi connectivity index (χ0v) is 14.4. The Labute approximate surface area is 154 Å². The van der Waals surface area contributed by atoms with Gasteiger partial charge in [0.25, 0.3) is 5.91 Å². The van der Waals surface area contributed by atoms with E-state index in [4.69, 9.17) is 16.3 Å². The number of benzene rings is 2. The Balaban J connectivity index is 1.66. The lowest BCUT2D eigenvalue weighted by molar-refractivity contribution is -0.119. The fraction of sp³-hybridized carbons (Fsp3) is 0.0588. The molecule has 0 unspecified atom stereocenters. The number of fused-ring (bicyclic) bond motifs is 1. The van der Waals surface area contributed by atoms with Crippen molar-refractivity contribution in [1.82, 2.24) is 0 Å². The van der Waals surface area contributed by atoms with E-state index in [1.807, 2.05) is 5.32 Å².